The van der Waals surface area contributed by atoms with E-state index in [1.807, 2.05) is 19.0 Å². The molecule has 6 nitrogen and oxygen atoms in total. The van der Waals surface area contributed by atoms with Crippen molar-refractivity contribution in [3.8, 4) is 5.75 Å². The SMILES string of the molecule is Cc1oc2c(C=O)c(O)ccc2c(=O)c1CCC(=O)CCCN(C)C. The summed E-state index contributed by atoms with van der Waals surface area (Å²) in [6.07, 6.45) is 2.33. The Balaban J connectivity index is 2.22. The van der Waals surface area contributed by atoms with E-state index in [4.69, 9.17) is 4.42 Å². The summed E-state index contributed by atoms with van der Waals surface area (Å²) in [6.45, 7) is 2.48. The molecule has 1 aromatic heterocycles. The van der Waals surface area contributed by atoms with Crippen molar-refractivity contribution in [2.75, 3.05) is 20.6 Å². The van der Waals surface area contributed by atoms with Crippen LogP contribution in [0.1, 0.15) is 40.9 Å². The van der Waals surface area contributed by atoms with Crippen LogP contribution in [-0.2, 0) is 11.2 Å². The summed E-state index contributed by atoms with van der Waals surface area (Å²) >= 11 is 0. The van der Waals surface area contributed by atoms with Gasteiger partial charge in [-0.1, -0.05) is 0 Å². The molecule has 134 valence electrons. The molecule has 1 heterocycles. The Hall–Kier alpha value is -2.47. The first-order valence-electron chi connectivity index (χ1n) is 8.25. The van der Waals surface area contributed by atoms with Crippen molar-refractivity contribution in [3.63, 3.8) is 0 Å². The van der Waals surface area contributed by atoms with E-state index >= 15 is 0 Å². The zero-order chi connectivity index (χ0) is 18.6. The Bertz CT molecular complexity index is 851. The van der Waals surface area contributed by atoms with Gasteiger partial charge in [0.1, 0.15) is 17.3 Å². The van der Waals surface area contributed by atoms with Crippen LogP contribution in [0.25, 0.3) is 11.0 Å². The fourth-order valence-corrected chi connectivity index (χ4v) is 2.80. The summed E-state index contributed by atoms with van der Waals surface area (Å²) in [5.41, 5.74) is 0.224. The summed E-state index contributed by atoms with van der Waals surface area (Å²) < 4.78 is 5.61. The number of phenols is 1. The maximum Gasteiger partial charge on any atom is 0.196 e. The van der Waals surface area contributed by atoms with Crippen LogP contribution in [0.3, 0.4) is 0 Å². The average molecular weight is 345 g/mol. The zero-order valence-electron chi connectivity index (χ0n) is 14.8. The molecule has 1 N–H and O–H groups in total. The lowest BCUT2D eigenvalue weighted by atomic mass is 10.0. The van der Waals surface area contributed by atoms with Crippen molar-refractivity contribution < 1.29 is 19.1 Å². The van der Waals surface area contributed by atoms with Crippen LogP contribution in [0.4, 0.5) is 0 Å². The van der Waals surface area contributed by atoms with Crippen LogP contribution in [0.5, 0.6) is 5.75 Å². The van der Waals surface area contributed by atoms with E-state index in [9.17, 15) is 19.5 Å². The molecule has 2 rings (SSSR count). The number of aryl methyl sites for hydroxylation is 1. The van der Waals surface area contributed by atoms with Crippen LogP contribution >= 0.6 is 0 Å². The van der Waals surface area contributed by atoms with Crippen molar-refractivity contribution in [2.45, 2.75) is 32.6 Å². The first-order chi connectivity index (χ1) is 11.8. The number of aromatic hydroxyl groups is 1. The molecule has 0 atom stereocenters. The van der Waals surface area contributed by atoms with Crippen molar-refractivity contribution in [2.24, 2.45) is 0 Å². The number of hydrogen-bond acceptors (Lipinski definition) is 6. The fraction of sp³-hybridized carbons (Fsp3) is 0.421. The van der Waals surface area contributed by atoms with Gasteiger partial charge in [0.2, 0.25) is 0 Å². The molecule has 0 aliphatic rings. The fourth-order valence-electron chi connectivity index (χ4n) is 2.80. The highest BCUT2D eigenvalue weighted by atomic mass is 16.3. The van der Waals surface area contributed by atoms with Gasteiger partial charge < -0.3 is 14.4 Å². The molecule has 0 aliphatic carbocycles. The van der Waals surface area contributed by atoms with E-state index in [1.54, 1.807) is 6.92 Å². The standard InChI is InChI=1S/C19H23NO5/c1-12-14(7-6-13(22)5-4-10-20(2)3)18(24)15-8-9-17(23)16(11-21)19(15)25-12/h8-9,11,23H,4-7,10H2,1-3H3. The lowest BCUT2D eigenvalue weighted by molar-refractivity contribution is -0.119. The topological polar surface area (TPSA) is 87.8 Å². The van der Waals surface area contributed by atoms with Gasteiger partial charge in [0, 0.05) is 18.4 Å². The van der Waals surface area contributed by atoms with Gasteiger partial charge in [-0.25, -0.2) is 0 Å². The third-order valence-corrected chi connectivity index (χ3v) is 4.20. The maximum absolute atomic E-state index is 12.7. The van der Waals surface area contributed by atoms with Gasteiger partial charge in [-0.3, -0.25) is 14.4 Å². The average Bonchev–Trinajstić information content (AvgIpc) is 2.54. The number of hydrogen-bond donors (Lipinski definition) is 1. The van der Waals surface area contributed by atoms with Gasteiger partial charge in [0.25, 0.3) is 0 Å². The number of carbonyl (C=O) groups is 2. The number of fused-ring (bicyclic) bond motifs is 1. The van der Waals surface area contributed by atoms with Gasteiger partial charge in [0.15, 0.2) is 17.3 Å². The number of nitrogens with zero attached hydrogens (tertiary/aromatic N) is 1. The van der Waals surface area contributed by atoms with Crippen molar-refractivity contribution in [1.82, 2.24) is 4.90 Å². The Morgan fingerprint density at radius 2 is 2.00 bits per heavy atom. The number of Topliss-reactive ketones (excluding diaryl/α,β-unsaturated/α-hetero) is 1. The Labute approximate surface area is 146 Å². The Morgan fingerprint density at radius 1 is 1.28 bits per heavy atom. The van der Waals surface area contributed by atoms with Crippen molar-refractivity contribution in [3.05, 3.63) is 39.2 Å². The monoisotopic (exact) mass is 345 g/mol. The second kappa shape index (κ2) is 8.07. The second-order valence-corrected chi connectivity index (χ2v) is 6.40. The largest absolute Gasteiger partial charge is 0.507 e. The smallest absolute Gasteiger partial charge is 0.196 e. The highest BCUT2D eigenvalue weighted by Gasteiger charge is 2.17. The van der Waals surface area contributed by atoms with E-state index in [0.717, 1.165) is 13.0 Å². The van der Waals surface area contributed by atoms with Gasteiger partial charge in [0.05, 0.1) is 10.9 Å². The van der Waals surface area contributed by atoms with E-state index < -0.39 is 0 Å². The van der Waals surface area contributed by atoms with Crippen molar-refractivity contribution in [1.29, 1.82) is 0 Å². The predicted molar refractivity (Wildman–Crippen MR) is 95.4 cm³/mol. The van der Waals surface area contributed by atoms with E-state index in [0.29, 0.717) is 30.5 Å². The molecule has 0 saturated heterocycles. The lowest BCUT2D eigenvalue weighted by Gasteiger charge is -2.10. The molecule has 0 fully saturated rings. The minimum absolute atomic E-state index is 0.0380. The summed E-state index contributed by atoms with van der Waals surface area (Å²) in [5, 5.41) is 9.95. The number of aldehydes is 1. The van der Waals surface area contributed by atoms with E-state index in [2.05, 4.69) is 0 Å². The first kappa shape index (κ1) is 18.9. The molecule has 6 heteroatoms. The second-order valence-electron chi connectivity index (χ2n) is 6.40. The summed E-state index contributed by atoms with van der Waals surface area (Å²) in [6, 6.07) is 2.74. The number of benzene rings is 1. The summed E-state index contributed by atoms with van der Waals surface area (Å²) in [5.74, 6) is 0.251. The third kappa shape index (κ3) is 4.33. The Morgan fingerprint density at radius 3 is 2.64 bits per heavy atom. The first-order valence-corrected chi connectivity index (χ1v) is 8.25. The van der Waals surface area contributed by atoms with Crippen LogP contribution in [0.15, 0.2) is 21.3 Å². The molecular weight excluding hydrogens is 322 g/mol. The van der Waals surface area contributed by atoms with Gasteiger partial charge in [-0.15, -0.1) is 0 Å². The molecule has 0 bridgehead atoms. The van der Waals surface area contributed by atoms with Crippen LogP contribution < -0.4 is 5.43 Å². The molecule has 0 unspecified atom stereocenters. The third-order valence-electron chi connectivity index (χ3n) is 4.20. The summed E-state index contributed by atoms with van der Waals surface area (Å²) in [7, 11) is 3.92. The molecule has 0 amide bonds. The molecule has 0 spiro atoms. The maximum atomic E-state index is 12.7. The van der Waals surface area contributed by atoms with E-state index in [-0.39, 0.29) is 39.9 Å². The van der Waals surface area contributed by atoms with Crippen LogP contribution in [-0.4, -0.2) is 42.7 Å². The number of ketones is 1. The van der Waals surface area contributed by atoms with Crippen LogP contribution in [0.2, 0.25) is 0 Å². The molecule has 1 aromatic carbocycles. The molecule has 0 aliphatic heterocycles. The molecule has 25 heavy (non-hydrogen) atoms. The quantitative estimate of drug-likeness (QED) is 0.740. The Kier molecular flexibility index (Phi) is 6.09. The van der Waals surface area contributed by atoms with Crippen LogP contribution in [0, 0.1) is 6.92 Å². The minimum atomic E-state index is -0.261. The normalized spacial score (nSPS) is 11.2. The molecule has 0 radical (unpaired) electrons. The molecule has 0 saturated carbocycles. The van der Waals surface area contributed by atoms with Gasteiger partial charge in [-0.05, 0) is 52.5 Å². The number of carbonyl (C=O) groups excluding carboxylic acids is 2. The lowest BCUT2D eigenvalue weighted by Crippen LogP contribution is -2.16. The zero-order valence-corrected chi connectivity index (χ0v) is 14.8. The highest BCUT2D eigenvalue weighted by molar-refractivity contribution is 5.97. The summed E-state index contributed by atoms with van der Waals surface area (Å²) in [4.78, 5) is 37.8. The van der Waals surface area contributed by atoms with Gasteiger partial charge in [-0.2, -0.15) is 0 Å². The number of rotatable bonds is 8. The van der Waals surface area contributed by atoms with Crippen molar-refractivity contribution >= 4 is 23.0 Å². The van der Waals surface area contributed by atoms with E-state index in [1.165, 1.54) is 12.1 Å². The number of phenolic OH excluding ortho intramolecular Hbond substituents is 1. The van der Waals surface area contributed by atoms with Gasteiger partial charge >= 0.3 is 0 Å². The molecular formula is C19H23NO5. The molecule has 2 aromatic rings. The minimum Gasteiger partial charge on any atom is -0.507 e. The highest BCUT2D eigenvalue weighted by Crippen LogP contribution is 2.26. The predicted octanol–water partition coefficient (Wildman–Crippen LogP) is 2.46.